The fourth-order valence-corrected chi connectivity index (χ4v) is 5.96. The van der Waals surface area contributed by atoms with Gasteiger partial charge in [0, 0.05) is 33.0 Å². The van der Waals surface area contributed by atoms with Crippen molar-refractivity contribution in [3.05, 3.63) is 35.4 Å². The Balaban J connectivity index is 2.32. The van der Waals surface area contributed by atoms with Crippen LogP contribution < -0.4 is 0 Å². The monoisotopic (exact) mass is 471 g/mol. The zero-order chi connectivity index (χ0) is 24.1. The average Bonchev–Trinajstić information content (AvgIpc) is 2.66. The van der Waals surface area contributed by atoms with Gasteiger partial charge in [0.2, 0.25) is 0 Å². The van der Waals surface area contributed by atoms with Crippen molar-refractivity contribution >= 4 is 14.0 Å². The first kappa shape index (κ1) is 26.9. The van der Waals surface area contributed by atoms with E-state index in [2.05, 4.69) is 62.7 Å². The van der Waals surface area contributed by atoms with Crippen molar-refractivity contribution in [1.29, 1.82) is 0 Å². The topological polar surface area (TPSA) is 40.5 Å². The molecule has 0 spiro atoms. The van der Waals surface area contributed by atoms with Gasteiger partial charge in [0.1, 0.15) is 0 Å². The summed E-state index contributed by atoms with van der Waals surface area (Å²) in [6, 6.07) is 9.21. The first-order chi connectivity index (χ1) is 14.7. The van der Waals surface area contributed by atoms with E-state index < -0.39 is 26.6 Å². The van der Waals surface area contributed by atoms with Crippen molar-refractivity contribution in [2.24, 2.45) is 5.92 Å². The van der Waals surface area contributed by atoms with Gasteiger partial charge in [-0.15, -0.1) is 0 Å². The molecule has 3 atom stereocenters. The lowest BCUT2D eigenvalue weighted by molar-refractivity contribution is -0.141. The molecule has 3 nitrogen and oxygen atoms in total. The van der Waals surface area contributed by atoms with Crippen LogP contribution in [0, 0.1) is 5.92 Å². The average molecular weight is 472 g/mol. The number of likely N-dealkylation sites (tertiary alicyclic amines) is 1. The van der Waals surface area contributed by atoms with Gasteiger partial charge in [0.25, 0.3) is 0 Å². The molecule has 1 fully saturated rings. The van der Waals surface area contributed by atoms with E-state index in [0.717, 1.165) is 24.4 Å². The molecule has 1 aromatic carbocycles. The summed E-state index contributed by atoms with van der Waals surface area (Å²) in [4.78, 5) is 13.6. The molecular weight excluding hydrogens is 431 g/mol. The molecule has 0 aromatic heterocycles. The number of nitrogens with zero attached hydrogens (tertiary/aromatic N) is 1. The first-order valence-corrected chi connectivity index (χ1v) is 15.6. The molecule has 182 valence electrons. The Morgan fingerprint density at radius 2 is 1.78 bits per heavy atom. The van der Waals surface area contributed by atoms with E-state index >= 15 is 0 Å². The number of halogens is 3. The van der Waals surface area contributed by atoms with Gasteiger partial charge in [0.05, 0.1) is 0 Å². The molecule has 0 radical (unpaired) electrons. The largest absolute Gasteiger partial charge is 0.481 e. The number of piperidine rings is 1. The Bertz CT molecular complexity index is 710. The molecule has 0 bridgehead atoms. The fourth-order valence-electron chi connectivity index (χ4n) is 4.76. The lowest BCUT2D eigenvalue weighted by Crippen LogP contribution is -2.45. The third-order valence-corrected chi connectivity index (χ3v) is 8.45. The van der Waals surface area contributed by atoms with Crippen LogP contribution in [-0.2, 0) is 4.79 Å². The second kappa shape index (κ2) is 11.2. The third kappa shape index (κ3) is 8.89. The molecule has 1 N–H and O–H groups in total. The molecule has 1 aliphatic heterocycles. The summed E-state index contributed by atoms with van der Waals surface area (Å²) in [5, 5.41) is 9.31. The van der Waals surface area contributed by atoms with Gasteiger partial charge < -0.3 is 5.11 Å². The van der Waals surface area contributed by atoms with Crippen molar-refractivity contribution in [1.82, 2.24) is 4.90 Å². The highest BCUT2D eigenvalue weighted by atomic mass is 28.3. The van der Waals surface area contributed by atoms with Gasteiger partial charge >= 0.3 is 12.1 Å². The van der Waals surface area contributed by atoms with Crippen molar-refractivity contribution in [3.63, 3.8) is 0 Å². The summed E-state index contributed by atoms with van der Waals surface area (Å²) in [5.74, 6) is -0.342. The SMILES string of the molecule is CC(C)c1ccc(C2CC(CC(=O)O)CCN2C(CCC(F)(F)F)CC[Si](C)(C)C)cc1. The number of aliphatic carboxylic acids is 1. The Kier molecular flexibility index (Phi) is 9.41. The maximum absolute atomic E-state index is 13.1. The molecule has 0 amide bonds. The molecule has 1 heterocycles. The number of hydrogen-bond acceptors (Lipinski definition) is 2. The molecule has 1 aromatic rings. The van der Waals surface area contributed by atoms with Crippen LogP contribution in [0.15, 0.2) is 24.3 Å². The van der Waals surface area contributed by atoms with Crippen LogP contribution in [0.5, 0.6) is 0 Å². The minimum absolute atomic E-state index is 0.0332. The highest BCUT2D eigenvalue weighted by Crippen LogP contribution is 2.40. The highest BCUT2D eigenvalue weighted by molar-refractivity contribution is 6.76. The number of hydrogen-bond donors (Lipinski definition) is 1. The van der Waals surface area contributed by atoms with Crippen molar-refractivity contribution in [2.75, 3.05) is 6.54 Å². The number of carboxylic acids is 1. The zero-order valence-electron chi connectivity index (χ0n) is 20.2. The van der Waals surface area contributed by atoms with E-state index in [1.54, 1.807) is 0 Å². The van der Waals surface area contributed by atoms with Gasteiger partial charge in [-0.1, -0.05) is 63.8 Å². The lowest BCUT2D eigenvalue weighted by Gasteiger charge is -2.45. The van der Waals surface area contributed by atoms with E-state index in [4.69, 9.17) is 0 Å². The van der Waals surface area contributed by atoms with Gasteiger partial charge in [0.15, 0.2) is 0 Å². The standard InChI is InChI=1S/C25H40F3NO2Si/c1-18(2)20-6-8-21(9-7-20)23-16-19(17-24(30)31)11-14-29(23)22(10-13-25(26,27)28)12-15-32(3,4)5/h6-9,18-19,22-23H,10-17H2,1-5H3,(H,30,31). The molecule has 0 saturated carbocycles. The summed E-state index contributed by atoms with van der Waals surface area (Å²) >= 11 is 0. The molecule has 32 heavy (non-hydrogen) atoms. The number of carbonyl (C=O) groups is 1. The summed E-state index contributed by atoms with van der Waals surface area (Å²) in [6.07, 6.45) is -2.51. The summed E-state index contributed by atoms with van der Waals surface area (Å²) < 4.78 is 39.4. The van der Waals surface area contributed by atoms with Crippen LogP contribution in [0.2, 0.25) is 25.7 Å². The normalized spacial score (nSPS) is 21.7. The first-order valence-electron chi connectivity index (χ1n) is 11.9. The molecular formula is C25H40F3NO2Si. The predicted molar refractivity (Wildman–Crippen MR) is 127 cm³/mol. The third-order valence-electron chi connectivity index (χ3n) is 6.66. The van der Waals surface area contributed by atoms with Crippen LogP contribution in [-0.4, -0.2) is 42.8 Å². The molecule has 1 saturated heterocycles. The van der Waals surface area contributed by atoms with Gasteiger partial charge in [-0.2, -0.15) is 13.2 Å². The second-order valence-corrected chi connectivity index (χ2v) is 16.6. The van der Waals surface area contributed by atoms with E-state index in [1.165, 1.54) is 5.56 Å². The van der Waals surface area contributed by atoms with Crippen molar-refractivity contribution < 1.29 is 23.1 Å². The predicted octanol–water partition coefficient (Wildman–Crippen LogP) is 7.48. The molecule has 7 heteroatoms. The molecule has 3 unspecified atom stereocenters. The van der Waals surface area contributed by atoms with E-state index in [1.807, 2.05) is 0 Å². The number of benzene rings is 1. The van der Waals surface area contributed by atoms with Crippen LogP contribution in [0.4, 0.5) is 13.2 Å². The van der Waals surface area contributed by atoms with E-state index in [-0.39, 0.29) is 30.8 Å². The summed E-state index contributed by atoms with van der Waals surface area (Å²) in [7, 11) is -1.40. The van der Waals surface area contributed by atoms with Gasteiger partial charge in [-0.25, -0.2) is 0 Å². The van der Waals surface area contributed by atoms with Crippen LogP contribution >= 0.6 is 0 Å². The van der Waals surface area contributed by atoms with Crippen LogP contribution in [0.1, 0.15) is 75.5 Å². The van der Waals surface area contributed by atoms with Crippen molar-refractivity contribution in [3.8, 4) is 0 Å². The van der Waals surface area contributed by atoms with Crippen LogP contribution in [0.25, 0.3) is 0 Å². The number of rotatable bonds is 10. The molecule has 2 rings (SSSR count). The fraction of sp³-hybridized carbons (Fsp3) is 0.720. The van der Waals surface area contributed by atoms with Crippen molar-refractivity contribution in [2.45, 2.75) is 102 Å². The summed E-state index contributed by atoms with van der Waals surface area (Å²) in [5.41, 5.74) is 2.32. The Hall–Kier alpha value is -1.34. The molecule has 1 aliphatic rings. The zero-order valence-corrected chi connectivity index (χ0v) is 21.2. The maximum Gasteiger partial charge on any atom is 0.389 e. The minimum Gasteiger partial charge on any atom is -0.481 e. The van der Waals surface area contributed by atoms with Gasteiger partial charge in [-0.3, -0.25) is 9.69 Å². The Labute approximate surface area is 192 Å². The number of carboxylic acid groups (broad SMARTS) is 1. The minimum atomic E-state index is -4.16. The lowest BCUT2D eigenvalue weighted by atomic mass is 9.83. The highest BCUT2D eigenvalue weighted by Gasteiger charge is 2.37. The van der Waals surface area contributed by atoms with E-state index in [9.17, 15) is 23.1 Å². The molecule has 0 aliphatic carbocycles. The van der Waals surface area contributed by atoms with E-state index in [0.29, 0.717) is 18.9 Å². The maximum atomic E-state index is 13.1. The smallest absolute Gasteiger partial charge is 0.389 e. The Morgan fingerprint density at radius 3 is 2.28 bits per heavy atom. The van der Waals surface area contributed by atoms with Gasteiger partial charge in [-0.05, 0) is 55.2 Å². The van der Waals surface area contributed by atoms with Crippen LogP contribution in [0.3, 0.4) is 0 Å². The quantitative estimate of drug-likeness (QED) is 0.360. The summed E-state index contributed by atoms with van der Waals surface area (Å²) in [6.45, 7) is 11.7. The number of alkyl halides is 3. The second-order valence-electron chi connectivity index (χ2n) is 11.0. The Morgan fingerprint density at radius 1 is 1.16 bits per heavy atom.